The topological polar surface area (TPSA) is 64.4 Å². The van der Waals surface area contributed by atoms with E-state index in [1.807, 2.05) is 0 Å². The fourth-order valence-electron chi connectivity index (χ4n) is 0.981. The van der Waals surface area contributed by atoms with E-state index in [-0.39, 0.29) is 11.9 Å². The minimum atomic E-state index is -0.421. The van der Waals surface area contributed by atoms with Gasteiger partial charge in [0, 0.05) is 6.61 Å². The Bertz CT molecular complexity index is 141. The molecule has 1 aliphatic rings. The number of rotatable bonds is 2. The molecule has 1 amide bonds. The fourth-order valence-corrected chi connectivity index (χ4v) is 0.981. The van der Waals surface area contributed by atoms with E-state index in [0.717, 1.165) is 13.0 Å². The molecule has 3 N–H and O–H groups in total. The highest BCUT2D eigenvalue weighted by Gasteiger charge is 2.18. The van der Waals surface area contributed by atoms with Gasteiger partial charge < -0.3 is 15.8 Å². The smallest absolute Gasteiger partial charge is 0.236 e. The van der Waals surface area contributed by atoms with E-state index in [4.69, 9.17) is 10.5 Å². The Kier molecular flexibility index (Phi) is 2.84. The van der Waals surface area contributed by atoms with Crippen LogP contribution in [0.4, 0.5) is 0 Å². The molecule has 1 fully saturated rings. The van der Waals surface area contributed by atoms with Crippen molar-refractivity contribution in [1.82, 2.24) is 5.32 Å². The second-order valence-corrected chi connectivity index (χ2v) is 2.86. The highest BCUT2D eigenvalue weighted by molar-refractivity contribution is 5.81. The molecule has 4 heteroatoms. The highest BCUT2D eigenvalue weighted by Crippen LogP contribution is 2.02. The molecule has 0 aromatic heterocycles. The lowest BCUT2D eigenvalue weighted by molar-refractivity contribution is -0.122. The van der Waals surface area contributed by atoms with Crippen LogP contribution in [0.3, 0.4) is 0 Å². The Hall–Kier alpha value is -0.610. The number of carbonyl (C=O) groups excluding carboxylic acids is 1. The maximum atomic E-state index is 11.0. The predicted octanol–water partition coefficient (Wildman–Crippen LogP) is -0.761. The SMILES string of the molecule is C[C@@H](N)C(=O)NC1CCOC1. The van der Waals surface area contributed by atoms with Crippen LogP contribution in [0.1, 0.15) is 13.3 Å². The third kappa shape index (κ3) is 2.48. The minimum Gasteiger partial charge on any atom is -0.379 e. The Labute approximate surface area is 66.1 Å². The number of hydrogen-bond donors (Lipinski definition) is 2. The van der Waals surface area contributed by atoms with Crippen LogP contribution in [0.15, 0.2) is 0 Å². The molecule has 1 heterocycles. The summed E-state index contributed by atoms with van der Waals surface area (Å²) in [6.07, 6.45) is 0.901. The first-order valence-electron chi connectivity index (χ1n) is 3.84. The van der Waals surface area contributed by atoms with Gasteiger partial charge in [0.05, 0.1) is 18.7 Å². The normalized spacial score (nSPS) is 26.5. The number of nitrogens with one attached hydrogen (secondary N) is 1. The van der Waals surface area contributed by atoms with E-state index in [0.29, 0.717) is 6.61 Å². The molecule has 4 nitrogen and oxygen atoms in total. The predicted molar refractivity (Wildman–Crippen MR) is 41.0 cm³/mol. The van der Waals surface area contributed by atoms with Gasteiger partial charge in [0.15, 0.2) is 0 Å². The van der Waals surface area contributed by atoms with Crippen molar-refractivity contribution in [2.45, 2.75) is 25.4 Å². The first-order valence-corrected chi connectivity index (χ1v) is 3.84. The number of amides is 1. The van der Waals surface area contributed by atoms with Crippen LogP contribution in [-0.4, -0.2) is 31.2 Å². The van der Waals surface area contributed by atoms with E-state index >= 15 is 0 Å². The van der Waals surface area contributed by atoms with Gasteiger partial charge in [-0.3, -0.25) is 4.79 Å². The van der Waals surface area contributed by atoms with E-state index in [1.54, 1.807) is 6.92 Å². The average molecular weight is 158 g/mol. The summed E-state index contributed by atoms with van der Waals surface area (Å²) < 4.78 is 5.08. The molecule has 64 valence electrons. The van der Waals surface area contributed by atoms with E-state index < -0.39 is 6.04 Å². The quantitative estimate of drug-likeness (QED) is 0.555. The Morgan fingerprint density at radius 2 is 2.55 bits per heavy atom. The van der Waals surface area contributed by atoms with Crippen LogP contribution < -0.4 is 11.1 Å². The zero-order valence-electron chi connectivity index (χ0n) is 6.67. The molecule has 0 spiro atoms. The average Bonchev–Trinajstić information content (AvgIpc) is 2.39. The summed E-state index contributed by atoms with van der Waals surface area (Å²) in [6.45, 7) is 3.04. The number of carbonyl (C=O) groups is 1. The molecule has 1 rings (SSSR count). The molecule has 11 heavy (non-hydrogen) atoms. The third-order valence-electron chi connectivity index (χ3n) is 1.69. The summed E-state index contributed by atoms with van der Waals surface area (Å²) in [5.74, 6) is -0.0968. The fraction of sp³-hybridized carbons (Fsp3) is 0.857. The molecule has 0 aliphatic carbocycles. The minimum absolute atomic E-state index is 0.0968. The van der Waals surface area contributed by atoms with Gasteiger partial charge >= 0.3 is 0 Å². The van der Waals surface area contributed by atoms with Crippen LogP contribution in [0.2, 0.25) is 0 Å². The molecule has 0 bridgehead atoms. The zero-order chi connectivity index (χ0) is 8.27. The van der Waals surface area contributed by atoms with Gasteiger partial charge in [-0.2, -0.15) is 0 Å². The monoisotopic (exact) mass is 158 g/mol. The van der Waals surface area contributed by atoms with E-state index in [1.165, 1.54) is 0 Å². The lowest BCUT2D eigenvalue weighted by Crippen LogP contribution is -2.44. The van der Waals surface area contributed by atoms with Crippen molar-refractivity contribution < 1.29 is 9.53 Å². The number of nitrogens with two attached hydrogens (primary N) is 1. The Morgan fingerprint density at radius 3 is 3.00 bits per heavy atom. The largest absolute Gasteiger partial charge is 0.379 e. The van der Waals surface area contributed by atoms with Crippen LogP contribution in [0, 0.1) is 0 Å². The van der Waals surface area contributed by atoms with Gasteiger partial charge in [0.2, 0.25) is 5.91 Å². The van der Waals surface area contributed by atoms with Gasteiger partial charge in [-0.05, 0) is 13.3 Å². The van der Waals surface area contributed by atoms with Gasteiger partial charge in [-0.1, -0.05) is 0 Å². The van der Waals surface area contributed by atoms with Gasteiger partial charge in [-0.25, -0.2) is 0 Å². The molecular weight excluding hydrogens is 144 g/mol. The van der Waals surface area contributed by atoms with Crippen molar-refractivity contribution in [2.75, 3.05) is 13.2 Å². The van der Waals surface area contributed by atoms with Crippen molar-refractivity contribution in [3.63, 3.8) is 0 Å². The first-order chi connectivity index (χ1) is 5.20. The highest BCUT2D eigenvalue weighted by atomic mass is 16.5. The standard InChI is InChI=1S/C7H14N2O2/c1-5(8)7(10)9-6-2-3-11-4-6/h5-6H,2-4,8H2,1H3,(H,9,10)/t5-,6?/m1/s1. The first kappa shape index (κ1) is 8.49. The summed E-state index contributed by atoms with van der Waals surface area (Å²) >= 11 is 0. The molecule has 1 saturated heterocycles. The Morgan fingerprint density at radius 1 is 1.82 bits per heavy atom. The molecule has 0 saturated carbocycles. The van der Waals surface area contributed by atoms with Crippen molar-refractivity contribution >= 4 is 5.91 Å². The lowest BCUT2D eigenvalue weighted by atomic mass is 10.2. The van der Waals surface area contributed by atoms with Crippen molar-refractivity contribution in [1.29, 1.82) is 0 Å². The summed E-state index contributed by atoms with van der Waals surface area (Å²) in [6, 6.07) is -0.246. The molecule has 1 unspecified atom stereocenters. The van der Waals surface area contributed by atoms with Gasteiger partial charge in [0.25, 0.3) is 0 Å². The van der Waals surface area contributed by atoms with E-state index in [2.05, 4.69) is 5.32 Å². The Balaban J connectivity index is 2.24. The third-order valence-corrected chi connectivity index (χ3v) is 1.69. The second kappa shape index (κ2) is 3.69. The molecular formula is C7H14N2O2. The number of hydrogen-bond acceptors (Lipinski definition) is 3. The second-order valence-electron chi connectivity index (χ2n) is 2.86. The van der Waals surface area contributed by atoms with Crippen molar-refractivity contribution in [3.8, 4) is 0 Å². The van der Waals surface area contributed by atoms with Crippen LogP contribution in [-0.2, 0) is 9.53 Å². The summed E-state index contributed by atoms with van der Waals surface area (Å²) in [4.78, 5) is 11.0. The summed E-state index contributed by atoms with van der Waals surface area (Å²) in [5.41, 5.74) is 5.36. The van der Waals surface area contributed by atoms with Gasteiger partial charge in [0.1, 0.15) is 0 Å². The molecule has 0 aromatic carbocycles. The number of ether oxygens (including phenoxy) is 1. The summed E-state index contributed by atoms with van der Waals surface area (Å²) in [7, 11) is 0. The molecule has 1 aliphatic heterocycles. The van der Waals surface area contributed by atoms with Crippen LogP contribution in [0.25, 0.3) is 0 Å². The van der Waals surface area contributed by atoms with Crippen LogP contribution in [0.5, 0.6) is 0 Å². The molecule has 0 aromatic rings. The lowest BCUT2D eigenvalue weighted by Gasteiger charge is -2.11. The molecule has 0 radical (unpaired) electrons. The maximum Gasteiger partial charge on any atom is 0.236 e. The summed E-state index contributed by atoms with van der Waals surface area (Å²) in [5, 5.41) is 2.79. The van der Waals surface area contributed by atoms with E-state index in [9.17, 15) is 4.79 Å². The van der Waals surface area contributed by atoms with Crippen LogP contribution >= 0.6 is 0 Å². The zero-order valence-corrected chi connectivity index (χ0v) is 6.67. The van der Waals surface area contributed by atoms with Crippen molar-refractivity contribution in [2.24, 2.45) is 5.73 Å². The molecule has 2 atom stereocenters. The van der Waals surface area contributed by atoms with Crippen molar-refractivity contribution in [3.05, 3.63) is 0 Å². The van der Waals surface area contributed by atoms with Gasteiger partial charge in [-0.15, -0.1) is 0 Å². The maximum absolute atomic E-state index is 11.0.